The Hall–Kier alpha value is -3.62. The predicted octanol–water partition coefficient (Wildman–Crippen LogP) is 5.41. The highest BCUT2D eigenvalue weighted by molar-refractivity contribution is 8.01. The average Bonchev–Trinajstić information content (AvgIpc) is 3.50. The number of aromatic amines is 1. The van der Waals surface area contributed by atoms with E-state index >= 15 is 0 Å². The topological polar surface area (TPSA) is 86.9 Å². The van der Waals surface area contributed by atoms with Crippen molar-refractivity contribution >= 4 is 62.3 Å². The third-order valence-corrected chi connectivity index (χ3v) is 7.72. The molecule has 0 aliphatic carbocycles. The molecule has 35 heavy (non-hydrogen) atoms. The molecule has 0 aliphatic rings. The molecule has 0 bridgehead atoms. The van der Waals surface area contributed by atoms with E-state index in [0.717, 1.165) is 38.4 Å². The van der Waals surface area contributed by atoms with Gasteiger partial charge in [-0.2, -0.15) is 0 Å². The van der Waals surface area contributed by atoms with Crippen molar-refractivity contribution in [3.05, 3.63) is 89.6 Å². The van der Waals surface area contributed by atoms with Crippen molar-refractivity contribution in [3.8, 4) is 0 Å². The number of aromatic nitrogens is 2. The van der Waals surface area contributed by atoms with Crippen LogP contribution in [0.1, 0.15) is 11.3 Å². The van der Waals surface area contributed by atoms with Crippen LogP contribution in [0.2, 0.25) is 0 Å². The molecule has 6 nitrogen and oxygen atoms in total. The molecule has 0 saturated carbocycles. The van der Waals surface area contributed by atoms with Gasteiger partial charge in [-0.3, -0.25) is 9.59 Å². The number of para-hydroxylation sites is 1. The van der Waals surface area contributed by atoms with E-state index in [0.29, 0.717) is 6.54 Å². The SMILES string of the molecule is O=C(Cc1csc(SCC(=O)Nc2cccc3ccccc23)n1)NCCc1c[nH]c2ccccc12. The minimum Gasteiger partial charge on any atom is -0.361 e. The maximum atomic E-state index is 12.5. The van der Waals surface area contributed by atoms with Crippen molar-refractivity contribution in [2.24, 2.45) is 0 Å². The fourth-order valence-corrected chi connectivity index (χ4v) is 5.63. The number of benzene rings is 3. The largest absolute Gasteiger partial charge is 0.361 e. The number of H-pyrrole nitrogens is 1. The molecular formula is C27H24N4O2S2. The number of rotatable bonds is 9. The first kappa shape index (κ1) is 23.1. The summed E-state index contributed by atoms with van der Waals surface area (Å²) in [4.78, 5) is 32.6. The molecule has 0 aliphatic heterocycles. The number of anilines is 1. The first-order chi connectivity index (χ1) is 17.2. The number of carbonyl (C=O) groups excluding carboxylic acids is 2. The van der Waals surface area contributed by atoms with E-state index in [1.807, 2.05) is 72.2 Å². The molecule has 0 saturated heterocycles. The minimum absolute atomic E-state index is 0.0552. The van der Waals surface area contributed by atoms with Crippen LogP contribution in [0.3, 0.4) is 0 Å². The van der Waals surface area contributed by atoms with Gasteiger partial charge in [-0.25, -0.2) is 4.98 Å². The highest BCUT2D eigenvalue weighted by Crippen LogP contribution is 2.25. The summed E-state index contributed by atoms with van der Waals surface area (Å²) < 4.78 is 0.777. The molecule has 2 aromatic heterocycles. The van der Waals surface area contributed by atoms with Crippen LogP contribution in [0, 0.1) is 0 Å². The highest BCUT2D eigenvalue weighted by atomic mass is 32.2. The average molecular weight is 501 g/mol. The zero-order valence-electron chi connectivity index (χ0n) is 18.9. The van der Waals surface area contributed by atoms with E-state index in [4.69, 9.17) is 0 Å². The van der Waals surface area contributed by atoms with Gasteiger partial charge in [0.25, 0.3) is 0 Å². The molecule has 5 rings (SSSR count). The first-order valence-electron chi connectivity index (χ1n) is 11.3. The Morgan fingerprint density at radius 1 is 0.943 bits per heavy atom. The van der Waals surface area contributed by atoms with Gasteiger partial charge in [-0.1, -0.05) is 66.4 Å². The number of nitrogens with zero attached hydrogens (tertiary/aromatic N) is 1. The van der Waals surface area contributed by atoms with Gasteiger partial charge in [0.2, 0.25) is 11.8 Å². The Balaban J connectivity index is 1.08. The zero-order valence-corrected chi connectivity index (χ0v) is 20.5. The van der Waals surface area contributed by atoms with Crippen molar-refractivity contribution < 1.29 is 9.59 Å². The Labute approximate surface area is 211 Å². The lowest BCUT2D eigenvalue weighted by Gasteiger charge is -2.08. The number of nitrogens with one attached hydrogen (secondary N) is 3. The third kappa shape index (κ3) is 5.72. The predicted molar refractivity (Wildman–Crippen MR) is 144 cm³/mol. The van der Waals surface area contributed by atoms with Gasteiger partial charge in [-0.15, -0.1) is 11.3 Å². The Morgan fingerprint density at radius 2 is 1.74 bits per heavy atom. The number of hydrogen-bond acceptors (Lipinski definition) is 5. The fourth-order valence-electron chi connectivity index (χ4n) is 3.99. The minimum atomic E-state index is -0.0851. The van der Waals surface area contributed by atoms with Crippen LogP contribution < -0.4 is 10.6 Å². The summed E-state index contributed by atoms with van der Waals surface area (Å²) in [6.07, 6.45) is 2.99. The summed E-state index contributed by atoms with van der Waals surface area (Å²) in [6, 6.07) is 22.0. The standard InChI is InChI=1S/C27H24N4O2S2/c32-25(28-13-12-19-15-29-23-10-4-3-9-22(19)23)14-20-16-34-27(30-20)35-17-26(33)31-24-11-5-7-18-6-1-2-8-21(18)24/h1-11,15-16,29H,12-14,17H2,(H,28,32)(H,31,33). The van der Waals surface area contributed by atoms with Gasteiger partial charge < -0.3 is 15.6 Å². The van der Waals surface area contributed by atoms with Gasteiger partial charge in [0.05, 0.1) is 17.9 Å². The summed E-state index contributed by atoms with van der Waals surface area (Å²) >= 11 is 2.83. The fraction of sp³-hybridized carbons (Fsp3) is 0.148. The molecule has 0 spiro atoms. The van der Waals surface area contributed by atoms with Crippen molar-refractivity contribution in [2.75, 3.05) is 17.6 Å². The van der Waals surface area contributed by atoms with Crippen molar-refractivity contribution in [1.29, 1.82) is 0 Å². The second-order valence-corrected chi connectivity index (χ2v) is 10.2. The van der Waals surface area contributed by atoms with E-state index in [-0.39, 0.29) is 24.0 Å². The molecule has 3 aromatic carbocycles. The van der Waals surface area contributed by atoms with Gasteiger partial charge in [0, 0.05) is 40.1 Å². The quantitative estimate of drug-likeness (QED) is 0.236. The number of thioether (sulfide) groups is 1. The van der Waals surface area contributed by atoms with Crippen LogP contribution in [0.4, 0.5) is 5.69 Å². The molecule has 2 amide bonds. The summed E-state index contributed by atoms with van der Waals surface area (Å²) in [5.74, 6) is 0.117. The van der Waals surface area contributed by atoms with Crippen LogP contribution in [-0.2, 0) is 22.4 Å². The van der Waals surface area contributed by atoms with Crippen LogP contribution in [-0.4, -0.2) is 34.1 Å². The molecule has 0 radical (unpaired) electrons. The molecule has 3 N–H and O–H groups in total. The van der Waals surface area contributed by atoms with Crippen LogP contribution in [0.5, 0.6) is 0 Å². The van der Waals surface area contributed by atoms with Gasteiger partial charge in [0.15, 0.2) is 4.34 Å². The summed E-state index contributed by atoms with van der Waals surface area (Å²) in [5, 5.41) is 11.1. The lowest BCUT2D eigenvalue weighted by Crippen LogP contribution is -2.27. The zero-order chi connectivity index (χ0) is 24.0. The van der Waals surface area contributed by atoms with Crippen molar-refractivity contribution in [3.63, 3.8) is 0 Å². The lowest BCUT2D eigenvalue weighted by atomic mass is 10.1. The van der Waals surface area contributed by atoms with E-state index in [2.05, 4.69) is 26.7 Å². The number of hydrogen-bond donors (Lipinski definition) is 3. The maximum Gasteiger partial charge on any atom is 0.234 e. The van der Waals surface area contributed by atoms with E-state index in [1.165, 1.54) is 34.0 Å². The number of carbonyl (C=O) groups is 2. The van der Waals surface area contributed by atoms with E-state index in [1.54, 1.807) is 0 Å². The molecular weight excluding hydrogens is 476 g/mol. The smallest absolute Gasteiger partial charge is 0.234 e. The van der Waals surface area contributed by atoms with E-state index < -0.39 is 0 Å². The first-order valence-corrected chi connectivity index (χ1v) is 13.2. The summed E-state index contributed by atoms with van der Waals surface area (Å²) in [7, 11) is 0. The lowest BCUT2D eigenvalue weighted by molar-refractivity contribution is -0.120. The van der Waals surface area contributed by atoms with Crippen molar-refractivity contribution in [2.45, 2.75) is 17.2 Å². The van der Waals surface area contributed by atoms with Gasteiger partial charge in [0.1, 0.15) is 0 Å². The third-order valence-electron chi connectivity index (χ3n) is 5.65. The molecule has 2 heterocycles. The summed E-state index contributed by atoms with van der Waals surface area (Å²) in [6.45, 7) is 0.570. The number of fused-ring (bicyclic) bond motifs is 2. The van der Waals surface area contributed by atoms with E-state index in [9.17, 15) is 9.59 Å². The number of thiazole rings is 1. The second-order valence-electron chi connectivity index (χ2n) is 8.10. The monoisotopic (exact) mass is 500 g/mol. The molecule has 0 atom stereocenters. The van der Waals surface area contributed by atoms with Crippen LogP contribution in [0.15, 0.2) is 82.6 Å². The van der Waals surface area contributed by atoms with Gasteiger partial charge in [-0.05, 0) is 29.5 Å². The number of amides is 2. The van der Waals surface area contributed by atoms with Gasteiger partial charge >= 0.3 is 0 Å². The normalized spacial score (nSPS) is 11.1. The Morgan fingerprint density at radius 3 is 2.66 bits per heavy atom. The second kappa shape index (κ2) is 10.8. The maximum absolute atomic E-state index is 12.5. The molecule has 5 aromatic rings. The Bertz CT molecular complexity index is 1490. The van der Waals surface area contributed by atoms with Crippen molar-refractivity contribution in [1.82, 2.24) is 15.3 Å². The highest BCUT2D eigenvalue weighted by Gasteiger charge is 2.11. The molecule has 8 heteroatoms. The molecule has 176 valence electrons. The molecule has 0 unspecified atom stereocenters. The van der Waals surface area contributed by atoms with Crippen LogP contribution >= 0.6 is 23.1 Å². The molecule has 0 fully saturated rings. The Kier molecular flexibility index (Phi) is 7.11. The van der Waals surface area contributed by atoms with Crippen LogP contribution in [0.25, 0.3) is 21.7 Å². The summed E-state index contributed by atoms with van der Waals surface area (Å²) in [5.41, 5.74) is 3.82.